The number of hydrogen-bond acceptors (Lipinski definition) is 5. The zero-order valence-electron chi connectivity index (χ0n) is 20.3. The predicted molar refractivity (Wildman–Crippen MR) is 140 cm³/mol. The third-order valence-electron chi connectivity index (χ3n) is 6.12. The van der Waals surface area contributed by atoms with Crippen LogP contribution in [0.5, 0.6) is 0 Å². The van der Waals surface area contributed by atoms with E-state index in [1.54, 1.807) is 0 Å². The lowest BCUT2D eigenvalue weighted by atomic mass is 10.1. The molecule has 0 aliphatic heterocycles. The van der Waals surface area contributed by atoms with Crippen molar-refractivity contribution in [1.82, 2.24) is 9.47 Å². The number of halogens is 3. The van der Waals surface area contributed by atoms with E-state index in [0.29, 0.717) is 0 Å². The monoisotopic (exact) mass is 559 g/mol. The molecule has 0 bridgehead atoms. The molecule has 0 fully saturated rings. The normalized spacial score (nSPS) is 11.5. The van der Waals surface area contributed by atoms with Crippen LogP contribution in [0.1, 0.15) is 48.1 Å². The number of Topliss-reactive ketones (excluding diaryl/α,β-unsaturated/α-hetero) is 1. The molecule has 6 nitrogen and oxygen atoms in total. The highest BCUT2D eigenvalue weighted by Gasteiger charge is 2.33. The smallest absolute Gasteiger partial charge is 0.366 e. The molecule has 3 aromatic heterocycles. The first-order chi connectivity index (χ1) is 18.0. The minimum Gasteiger partial charge on any atom is -0.366 e. The lowest BCUT2D eigenvalue weighted by molar-refractivity contribution is -0.138. The maximum atomic E-state index is 13.6. The fourth-order valence-corrected chi connectivity index (χ4v) is 5.58. The van der Waals surface area contributed by atoms with Gasteiger partial charge < -0.3 is 15.2 Å². The molecule has 0 aliphatic carbocycles. The second kappa shape index (κ2) is 11.4. The fourth-order valence-electron chi connectivity index (χ4n) is 4.19. The van der Waals surface area contributed by atoms with Crippen molar-refractivity contribution < 1.29 is 27.6 Å². The molecule has 0 aliphatic rings. The Hall–Kier alpha value is -3.70. The van der Waals surface area contributed by atoms with Gasteiger partial charge in [0.2, 0.25) is 5.91 Å². The summed E-state index contributed by atoms with van der Waals surface area (Å²) in [5.41, 5.74) is 5.74. The molecule has 0 radical (unpaired) electrons. The fraction of sp³-hybridized carbons (Fsp3) is 0.222. The first kappa shape index (κ1) is 27.3. The molecule has 4 rings (SSSR count). The van der Waals surface area contributed by atoms with E-state index in [9.17, 15) is 27.6 Å². The van der Waals surface area contributed by atoms with Gasteiger partial charge in [-0.15, -0.1) is 11.3 Å². The van der Waals surface area contributed by atoms with Gasteiger partial charge in [0, 0.05) is 17.1 Å². The van der Waals surface area contributed by atoms with E-state index in [0.717, 1.165) is 16.5 Å². The Morgan fingerprint density at radius 1 is 1.05 bits per heavy atom. The van der Waals surface area contributed by atoms with Crippen LogP contribution in [-0.2, 0) is 30.5 Å². The average molecular weight is 560 g/mol. The summed E-state index contributed by atoms with van der Waals surface area (Å²) in [5.74, 6) is -1.58. The van der Waals surface area contributed by atoms with Crippen molar-refractivity contribution in [1.29, 1.82) is 0 Å². The molecule has 0 spiro atoms. The van der Waals surface area contributed by atoms with Crippen molar-refractivity contribution in [3.63, 3.8) is 0 Å². The van der Waals surface area contributed by atoms with E-state index in [1.165, 1.54) is 63.3 Å². The molecule has 1 aromatic carbocycles. The van der Waals surface area contributed by atoms with Gasteiger partial charge in [0.25, 0.3) is 5.91 Å². The molecule has 2 amide bonds. The summed E-state index contributed by atoms with van der Waals surface area (Å²) < 4.78 is 42.3. The van der Waals surface area contributed by atoms with Gasteiger partial charge in [-0.3, -0.25) is 14.4 Å². The van der Waals surface area contributed by atoms with Gasteiger partial charge >= 0.3 is 6.18 Å². The van der Waals surface area contributed by atoms with Crippen LogP contribution in [0, 0.1) is 6.92 Å². The Balaban J connectivity index is 1.68. The zero-order valence-corrected chi connectivity index (χ0v) is 22.0. The van der Waals surface area contributed by atoms with E-state index < -0.39 is 23.4 Å². The Morgan fingerprint density at radius 3 is 2.45 bits per heavy atom. The molecule has 38 heavy (non-hydrogen) atoms. The van der Waals surface area contributed by atoms with Crippen LogP contribution in [0.25, 0.3) is 0 Å². The summed E-state index contributed by atoms with van der Waals surface area (Å²) in [6.07, 6.45) is -4.49. The molecule has 4 aromatic rings. The third-order valence-corrected chi connectivity index (χ3v) is 7.71. The van der Waals surface area contributed by atoms with Crippen LogP contribution >= 0.6 is 22.7 Å². The van der Waals surface area contributed by atoms with Gasteiger partial charge in [0.1, 0.15) is 0 Å². The highest BCUT2D eigenvalue weighted by Crippen LogP contribution is 2.33. The van der Waals surface area contributed by atoms with Crippen LogP contribution < -0.4 is 5.73 Å². The summed E-state index contributed by atoms with van der Waals surface area (Å²) >= 11 is 2.90. The number of ketones is 1. The molecule has 0 unspecified atom stereocenters. The molecular formula is C27H24F3N3O3S2. The topological polar surface area (TPSA) is 85.4 Å². The molecule has 2 N–H and O–H groups in total. The number of nitrogens with zero attached hydrogens (tertiary/aromatic N) is 2. The Kier molecular flexibility index (Phi) is 8.17. The average Bonchev–Trinajstić information content (AvgIpc) is 3.61. The largest absolute Gasteiger partial charge is 0.416 e. The SMILES string of the molecule is Cc1c(C(N)=O)cc(C(=O)CN(Cc2cccs2)C(=O)Cc2ccsc2)n1Cc1ccccc1C(F)(F)F. The van der Waals surface area contributed by atoms with Gasteiger partial charge in [-0.05, 0) is 58.5 Å². The van der Waals surface area contributed by atoms with Gasteiger partial charge in [0.15, 0.2) is 5.78 Å². The highest BCUT2D eigenvalue weighted by molar-refractivity contribution is 7.09. The number of rotatable bonds is 10. The molecule has 0 saturated heterocycles. The third kappa shape index (κ3) is 6.22. The van der Waals surface area contributed by atoms with Crippen molar-refractivity contribution in [2.75, 3.05) is 6.54 Å². The number of nitrogens with two attached hydrogens (primary N) is 1. The van der Waals surface area contributed by atoms with Gasteiger partial charge in [-0.25, -0.2) is 0 Å². The summed E-state index contributed by atoms with van der Waals surface area (Å²) in [4.78, 5) is 41.1. The number of thiophene rings is 2. The summed E-state index contributed by atoms with van der Waals surface area (Å²) in [6, 6.07) is 11.9. The zero-order chi connectivity index (χ0) is 27.4. The van der Waals surface area contributed by atoms with Crippen LogP contribution in [-0.4, -0.2) is 33.6 Å². The highest BCUT2D eigenvalue weighted by atomic mass is 32.1. The number of carbonyl (C=O) groups excluding carboxylic acids is 3. The van der Waals surface area contributed by atoms with Crippen LogP contribution in [0.4, 0.5) is 13.2 Å². The first-order valence-electron chi connectivity index (χ1n) is 11.5. The second-order valence-corrected chi connectivity index (χ2v) is 10.5. The predicted octanol–water partition coefficient (Wildman–Crippen LogP) is 5.54. The molecule has 3 heterocycles. The maximum absolute atomic E-state index is 13.6. The Bertz CT molecular complexity index is 1440. The van der Waals surface area contributed by atoms with E-state index in [-0.39, 0.29) is 54.5 Å². The van der Waals surface area contributed by atoms with Crippen molar-refractivity contribution in [2.45, 2.75) is 32.6 Å². The lowest BCUT2D eigenvalue weighted by Crippen LogP contribution is -2.36. The number of carbonyl (C=O) groups is 3. The van der Waals surface area contributed by atoms with E-state index >= 15 is 0 Å². The summed E-state index contributed by atoms with van der Waals surface area (Å²) in [5, 5.41) is 5.58. The van der Waals surface area contributed by atoms with Crippen LogP contribution in [0.15, 0.2) is 64.7 Å². The number of aromatic nitrogens is 1. The Morgan fingerprint density at radius 2 is 1.82 bits per heavy atom. The minimum atomic E-state index is -4.60. The molecule has 198 valence electrons. The molecule has 0 saturated carbocycles. The van der Waals surface area contributed by atoms with E-state index in [4.69, 9.17) is 5.73 Å². The van der Waals surface area contributed by atoms with Crippen LogP contribution in [0.2, 0.25) is 0 Å². The second-order valence-electron chi connectivity index (χ2n) is 8.69. The number of hydrogen-bond donors (Lipinski definition) is 1. The Labute approximate surface area is 225 Å². The number of alkyl halides is 3. The lowest BCUT2D eigenvalue weighted by Gasteiger charge is -2.22. The number of primary amides is 1. The maximum Gasteiger partial charge on any atom is 0.416 e. The van der Waals surface area contributed by atoms with Gasteiger partial charge in [-0.1, -0.05) is 24.3 Å². The van der Waals surface area contributed by atoms with Crippen molar-refractivity contribution in [3.8, 4) is 0 Å². The summed E-state index contributed by atoms with van der Waals surface area (Å²) in [6.45, 7) is 1.11. The van der Waals surface area contributed by atoms with Crippen molar-refractivity contribution in [2.24, 2.45) is 5.73 Å². The van der Waals surface area contributed by atoms with E-state index in [1.807, 2.05) is 34.3 Å². The van der Waals surface area contributed by atoms with Gasteiger partial charge in [-0.2, -0.15) is 24.5 Å². The minimum absolute atomic E-state index is 0.00721. The number of amides is 2. The van der Waals surface area contributed by atoms with Crippen molar-refractivity contribution >= 4 is 40.3 Å². The standard InChI is InChI=1S/C27H24F3N3O3S2/c1-17-21(26(31)36)12-23(33(17)13-19-5-2-3-7-22(19)27(28,29)30)24(34)15-32(14-20-6-4-9-38-20)25(35)11-18-8-10-37-16-18/h2-10,12,16H,11,13-15H2,1H3,(H2,31,36). The first-order valence-corrected chi connectivity index (χ1v) is 13.4. The van der Waals surface area contributed by atoms with Crippen LogP contribution in [0.3, 0.4) is 0 Å². The quantitative estimate of drug-likeness (QED) is 0.259. The number of benzene rings is 1. The van der Waals surface area contributed by atoms with E-state index in [2.05, 4.69) is 0 Å². The van der Waals surface area contributed by atoms with Crippen molar-refractivity contribution in [3.05, 3.63) is 103 Å². The molecule has 0 atom stereocenters. The molecular weight excluding hydrogens is 535 g/mol. The van der Waals surface area contributed by atoms with Gasteiger partial charge in [0.05, 0.1) is 36.3 Å². The summed E-state index contributed by atoms with van der Waals surface area (Å²) in [7, 11) is 0. The molecule has 11 heteroatoms.